The summed E-state index contributed by atoms with van der Waals surface area (Å²) in [4.78, 5) is 23.1. The first-order chi connectivity index (χ1) is 13.1. The van der Waals surface area contributed by atoms with E-state index in [4.69, 9.17) is 5.11 Å². The normalized spacial score (nSPS) is 11.9. The van der Waals surface area contributed by atoms with Crippen molar-refractivity contribution in [2.24, 2.45) is 0 Å². The van der Waals surface area contributed by atoms with Crippen LogP contribution in [0.5, 0.6) is 0 Å². The van der Waals surface area contributed by atoms with Gasteiger partial charge < -0.3 is 14.2 Å². The Labute approximate surface area is 156 Å². The second-order valence-corrected chi connectivity index (χ2v) is 6.42. The molecule has 0 amide bonds. The van der Waals surface area contributed by atoms with Gasteiger partial charge in [-0.05, 0) is 31.2 Å². The standard InChI is InChI=1S/C19H16F4N2O3/c1-11-18(12-2-5-16(26)24(9-12)7-6-19(21,22)23)14-8-13(20)3-4-15(14)25(11)10-17(27)28/h2-5,8-9H,6-7,10H2,1H3,(H,27,28). The number of carbonyl (C=O) groups is 1. The maximum absolute atomic E-state index is 13.8. The molecule has 0 aliphatic heterocycles. The zero-order valence-corrected chi connectivity index (χ0v) is 14.8. The fourth-order valence-electron chi connectivity index (χ4n) is 3.26. The minimum atomic E-state index is -4.41. The van der Waals surface area contributed by atoms with Crippen molar-refractivity contribution in [2.45, 2.75) is 32.6 Å². The van der Waals surface area contributed by atoms with Gasteiger partial charge in [0, 0.05) is 46.5 Å². The fraction of sp³-hybridized carbons (Fsp3) is 0.263. The number of benzene rings is 1. The molecule has 2 heterocycles. The van der Waals surface area contributed by atoms with Crippen LogP contribution in [0.25, 0.3) is 22.0 Å². The van der Waals surface area contributed by atoms with Crippen molar-refractivity contribution in [3.05, 3.63) is 58.4 Å². The lowest BCUT2D eigenvalue weighted by atomic mass is 10.0. The zero-order valence-electron chi connectivity index (χ0n) is 14.8. The predicted molar refractivity (Wildman–Crippen MR) is 94.6 cm³/mol. The van der Waals surface area contributed by atoms with E-state index in [1.807, 2.05) is 0 Å². The first-order valence-corrected chi connectivity index (χ1v) is 8.34. The quantitative estimate of drug-likeness (QED) is 0.664. The number of halogens is 4. The van der Waals surface area contributed by atoms with E-state index in [2.05, 4.69) is 0 Å². The van der Waals surface area contributed by atoms with Gasteiger partial charge in [-0.15, -0.1) is 0 Å². The number of aromatic nitrogens is 2. The van der Waals surface area contributed by atoms with Gasteiger partial charge >= 0.3 is 12.1 Å². The maximum atomic E-state index is 13.8. The van der Waals surface area contributed by atoms with Gasteiger partial charge in [-0.1, -0.05) is 0 Å². The zero-order chi connectivity index (χ0) is 20.6. The molecule has 3 aromatic rings. The van der Waals surface area contributed by atoms with Gasteiger partial charge in [-0.25, -0.2) is 4.39 Å². The van der Waals surface area contributed by atoms with Crippen LogP contribution in [0.4, 0.5) is 17.6 Å². The van der Waals surface area contributed by atoms with Crippen molar-refractivity contribution in [2.75, 3.05) is 0 Å². The van der Waals surface area contributed by atoms with Crippen LogP contribution in [0, 0.1) is 12.7 Å². The number of fused-ring (bicyclic) bond motifs is 1. The molecule has 3 rings (SSSR count). The average Bonchev–Trinajstić information content (AvgIpc) is 2.84. The highest BCUT2D eigenvalue weighted by molar-refractivity contribution is 5.98. The number of aryl methyl sites for hydroxylation is 1. The van der Waals surface area contributed by atoms with E-state index in [0.29, 0.717) is 27.7 Å². The molecule has 0 saturated carbocycles. The first-order valence-electron chi connectivity index (χ1n) is 8.34. The van der Waals surface area contributed by atoms with Crippen LogP contribution in [-0.4, -0.2) is 26.4 Å². The van der Waals surface area contributed by atoms with Crippen LogP contribution >= 0.6 is 0 Å². The third-order valence-electron chi connectivity index (χ3n) is 4.49. The summed E-state index contributed by atoms with van der Waals surface area (Å²) in [5, 5.41) is 9.58. The number of aliphatic carboxylic acids is 1. The molecule has 28 heavy (non-hydrogen) atoms. The Hall–Kier alpha value is -3.10. The summed E-state index contributed by atoms with van der Waals surface area (Å²) in [7, 11) is 0. The Morgan fingerprint density at radius 2 is 1.89 bits per heavy atom. The van der Waals surface area contributed by atoms with Crippen LogP contribution < -0.4 is 5.56 Å². The lowest BCUT2D eigenvalue weighted by Gasteiger charge is -2.11. The summed E-state index contributed by atoms with van der Waals surface area (Å²) >= 11 is 0. The summed E-state index contributed by atoms with van der Waals surface area (Å²) in [5.41, 5.74) is 1.26. The smallest absolute Gasteiger partial charge is 0.390 e. The number of carboxylic acids is 1. The molecular formula is C19H16F4N2O3. The van der Waals surface area contributed by atoms with E-state index in [0.717, 1.165) is 10.6 Å². The summed E-state index contributed by atoms with van der Waals surface area (Å²) in [5.74, 6) is -1.63. The van der Waals surface area contributed by atoms with Crippen LogP contribution in [-0.2, 0) is 17.9 Å². The summed E-state index contributed by atoms with van der Waals surface area (Å²) < 4.78 is 53.8. The summed E-state index contributed by atoms with van der Waals surface area (Å²) in [6, 6.07) is 6.47. The predicted octanol–water partition coefficient (Wildman–Crippen LogP) is 3.95. The number of hydrogen-bond acceptors (Lipinski definition) is 2. The van der Waals surface area contributed by atoms with E-state index >= 15 is 0 Å². The molecule has 0 atom stereocenters. The SMILES string of the molecule is Cc1c(-c2ccc(=O)n(CCC(F)(F)F)c2)c2cc(F)ccc2n1CC(=O)O. The van der Waals surface area contributed by atoms with Gasteiger partial charge in [0.15, 0.2) is 0 Å². The molecule has 2 aromatic heterocycles. The molecule has 0 aliphatic carbocycles. The van der Waals surface area contributed by atoms with Crippen LogP contribution in [0.2, 0.25) is 0 Å². The van der Waals surface area contributed by atoms with Gasteiger partial charge in [-0.2, -0.15) is 13.2 Å². The Morgan fingerprint density at radius 3 is 2.54 bits per heavy atom. The Morgan fingerprint density at radius 1 is 1.18 bits per heavy atom. The van der Waals surface area contributed by atoms with Crippen molar-refractivity contribution in [3.63, 3.8) is 0 Å². The van der Waals surface area contributed by atoms with Gasteiger partial charge in [0.2, 0.25) is 0 Å². The summed E-state index contributed by atoms with van der Waals surface area (Å²) in [6.45, 7) is 0.736. The van der Waals surface area contributed by atoms with Crippen LogP contribution in [0.3, 0.4) is 0 Å². The van der Waals surface area contributed by atoms with Crippen molar-refractivity contribution >= 4 is 16.9 Å². The number of hydrogen-bond donors (Lipinski definition) is 1. The number of carboxylic acid groups (broad SMARTS) is 1. The second kappa shape index (κ2) is 7.14. The lowest BCUT2D eigenvalue weighted by Crippen LogP contribution is -2.22. The van der Waals surface area contributed by atoms with Crippen LogP contribution in [0.1, 0.15) is 12.1 Å². The van der Waals surface area contributed by atoms with Crippen molar-refractivity contribution in [1.82, 2.24) is 9.13 Å². The van der Waals surface area contributed by atoms with Crippen molar-refractivity contribution < 1.29 is 27.5 Å². The molecule has 1 N–H and O–H groups in total. The minimum Gasteiger partial charge on any atom is -0.480 e. The largest absolute Gasteiger partial charge is 0.480 e. The number of nitrogens with zero attached hydrogens (tertiary/aromatic N) is 2. The number of alkyl halides is 3. The molecule has 0 unspecified atom stereocenters. The second-order valence-electron chi connectivity index (χ2n) is 6.42. The van der Waals surface area contributed by atoms with Gasteiger partial charge in [-0.3, -0.25) is 9.59 Å². The monoisotopic (exact) mass is 396 g/mol. The highest BCUT2D eigenvalue weighted by atomic mass is 19.4. The molecule has 0 spiro atoms. The molecule has 9 heteroatoms. The third-order valence-corrected chi connectivity index (χ3v) is 4.49. The van der Waals surface area contributed by atoms with Gasteiger partial charge in [0.05, 0.1) is 6.42 Å². The molecule has 148 valence electrons. The van der Waals surface area contributed by atoms with Crippen LogP contribution in [0.15, 0.2) is 41.3 Å². The topological polar surface area (TPSA) is 64.2 Å². The first kappa shape index (κ1) is 19.7. The molecular weight excluding hydrogens is 380 g/mol. The molecule has 0 radical (unpaired) electrons. The van der Waals surface area contributed by atoms with E-state index < -0.39 is 36.5 Å². The van der Waals surface area contributed by atoms with Gasteiger partial charge in [0.25, 0.3) is 5.56 Å². The minimum absolute atomic E-state index is 0.359. The van der Waals surface area contributed by atoms with Crippen molar-refractivity contribution in [3.8, 4) is 11.1 Å². The molecule has 0 saturated heterocycles. The maximum Gasteiger partial charge on any atom is 0.390 e. The highest BCUT2D eigenvalue weighted by Crippen LogP contribution is 2.35. The molecule has 0 fully saturated rings. The third kappa shape index (κ3) is 3.92. The van der Waals surface area contributed by atoms with E-state index in [1.165, 1.54) is 35.0 Å². The van der Waals surface area contributed by atoms with E-state index in [-0.39, 0.29) is 6.54 Å². The highest BCUT2D eigenvalue weighted by Gasteiger charge is 2.27. The molecule has 0 aliphatic rings. The molecule has 1 aromatic carbocycles. The Kier molecular flexibility index (Phi) is 5.01. The average molecular weight is 396 g/mol. The summed E-state index contributed by atoms with van der Waals surface area (Å²) in [6.07, 6.45) is -4.29. The molecule has 5 nitrogen and oxygen atoms in total. The fourth-order valence-corrected chi connectivity index (χ4v) is 3.26. The Balaban J connectivity index is 2.18. The molecule has 0 bridgehead atoms. The number of rotatable bonds is 5. The van der Waals surface area contributed by atoms with Gasteiger partial charge in [0.1, 0.15) is 12.4 Å². The van der Waals surface area contributed by atoms with Crippen molar-refractivity contribution in [1.29, 1.82) is 0 Å². The van der Waals surface area contributed by atoms with E-state index in [1.54, 1.807) is 6.92 Å². The Bertz CT molecular complexity index is 1110. The number of pyridine rings is 1. The van der Waals surface area contributed by atoms with E-state index in [9.17, 15) is 27.2 Å². The lowest BCUT2D eigenvalue weighted by molar-refractivity contribution is -0.138.